The van der Waals surface area contributed by atoms with Gasteiger partial charge in [-0.25, -0.2) is 4.98 Å². The number of aromatic amines is 1. The summed E-state index contributed by atoms with van der Waals surface area (Å²) in [5.74, 6) is 0.654. The number of amides is 1. The highest BCUT2D eigenvalue weighted by molar-refractivity contribution is 5.99. The second-order valence-electron chi connectivity index (χ2n) is 5.23. The van der Waals surface area contributed by atoms with Crippen LogP contribution in [0.4, 0.5) is 5.82 Å². The number of hydrogen-bond acceptors (Lipinski definition) is 5. The van der Waals surface area contributed by atoms with Crippen LogP contribution in [0.15, 0.2) is 36.8 Å². The summed E-state index contributed by atoms with van der Waals surface area (Å²) in [6, 6.07) is 5.72. The molecule has 0 fully saturated rings. The van der Waals surface area contributed by atoms with E-state index < -0.39 is 0 Å². The van der Waals surface area contributed by atoms with Gasteiger partial charge in [-0.2, -0.15) is 5.10 Å². The minimum Gasteiger partial charge on any atom is -0.373 e. The number of nitrogens with one attached hydrogen (secondary N) is 3. The van der Waals surface area contributed by atoms with Gasteiger partial charge in [-0.3, -0.25) is 14.9 Å². The molecular weight excluding hydrogens is 292 g/mol. The Morgan fingerprint density at radius 1 is 1.17 bits per heavy atom. The molecule has 1 amide bonds. The van der Waals surface area contributed by atoms with Gasteiger partial charge in [0, 0.05) is 36.1 Å². The molecule has 0 atom stereocenters. The first-order valence-electron chi connectivity index (χ1n) is 7.21. The minimum absolute atomic E-state index is 0.0935. The van der Waals surface area contributed by atoms with Crippen molar-refractivity contribution in [1.29, 1.82) is 0 Å². The van der Waals surface area contributed by atoms with E-state index in [1.54, 1.807) is 12.4 Å². The highest BCUT2D eigenvalue weighted by atomic mass is 16.1. The van der Waals surface area contributed by atoms with Crippen LogP contribution in [-0.4, -0.2) is 33.1 Å². The minimum atomic E-state index is -0.0935. The molecule has 7 nitrogen and oxygen atoms in total. The van der Waals surface area contributed by atoms with E-state index in [4.69, 9.17) is 0 Å². The molecule has 1 aliphatic heterocycles. The third-order valence-electron chi connectivity index (χ3n) is 3.87. The number of fused-ring (bicyclic) bond motifs is 1. The largest absolute Gasteiger partial charge is 0.373 e. The summed E-state index contributed by atoms with van der Waals surface area (Å²) in [6.07, 6.45) is 5.31. The van der Waals surface area contributed by atoms with E-state index in [1.807, 2.05) is 31.4 Å². The smallest absolute Gasteiger partial charge is 0.253 e. The molecule has 0 radical (unpaired) electrons. The van der Waals surface area contributed by atoms with E-state index in [0.717, 1.165) is 33.9 Å². The maximum absolute atomic E-state index is 11.9. The normalized spacial score (nSPS) is 12.8. The molecule has 3 aromatic rings. The molecule has 1 aliphatic rings. The molecule has 3 N–H and O–H groups in total. The fourth-order valence-electron chi connectivity index (χ4n) is 2.67. The number of aromatic nitrogens is 4. The van der Waals surface area contributed by atoms with Crippen LogP contribution in [0.2, 0.25) is 0 Å². The highest BCUT2D eigenvalue weighted by Crippen LogP contribution is 2.32. The standard InChI is InChI=1S/C16H14N6O/c1-17-14-3-2-11(10-6-20-21-7-10)15(22-14)9-4-12-13(18-5-9)8-19-16(12)23/h2-7H,8H2,1H3,(H,17,22)(H,19,23)(H,20,21). The SMILES string of the molecule is CNc1ccc(-c2cn[nH]c2)c(-c2cnc3c(c2)C(=O)NC3)n1. The third kappa shape index (κ3) is 2.22. The zero-order valence-corrected chi connectivity index (χ0v) is 12.4. The fraction of sp³-hybridized carbons (Fsp3) is 0.125. The van der Waals surface area contributed by atoms with Crippen molar-refractivity contribution in [3.8, 4) is 22.4 Å². The predicted molar refractivity (Wildman–Crippen MR) is 85.8 cm³/mol. The highest BCUT2D eigenvalue weighted by Gasteiger charge is 2.22. The zero-order chi connectivity index (χ0) is 15.8. The average molecular weight is 306 g/mol. The number of H-pyrrole nitrogens is 1. The Hall–Kier alpha value is -3.22. The van der Waals surface area contributed by atoms with Crippen LogP contribution >= 0.6 is 0 Å². The van der Waals surface area contributed by atoms with Crippen LogP contribution in [0.25, 0.3) is 22.4 Å². The van der Waals surface area contributed by atoms with Gasteiger partial charge in [0.2, 0.25) is 0 Å². The molecule has 0 saturated heterocycles. The van der Waals surface area contributed by atoms with Crippen molar-refractivity contribution in [3.05, 3.63) is 48.0 Å². The second kappa shape index (κ2) is 5.20. The number of anilines is 1. The third-order valence-corrected chi connectivity index (χ3v) is 3.87. The number of pyridine rings is 2. The Labute approximate surface area is 132 Å². The maximum atomic E-state index is 11.9. The van der Waals surface area contributed by atoms with Crippen molar-refractivity contribution in [1.82, 2.24) is 25.5 Å². The van der Waals surface area contributed by atoms with Crippen molar-refractivity contribution >= 4 is 11.7 Å². The van der Waals surface area contributed by atoms with Crippen LogP contribution in [0, 0.1) is 0 Å². The summed E-state index contributed by atoms with van der Waals surface area (Å²) in [5.41, 5.74) is 4.80. The van der Waals surface area contributed by atoms with Crippen molar-refractivity contribution in [2.24, 2.45) is 0 Å². The molecule has 114 valence electrons. The van der Waals surface area contributed by atoms with Gasteiger partial charge in [-0.05, 0) is 18.2 Å². The second-order valence-corrected chi connectivity index (χ2v) is 5.23. The fourth-order valence-corrected chi connectivity index (χ4v) is 2.67. The van der Waals surface area contributed by atoms with E-state index in [9.17, 15) is 4.79 Å². The molecule has 7 heteroatoms. The predicted octanol–water partition coefficient (Wildman–Crippen LogP) is 1.82. The number of hydrogen-bond donors (Lipinski definition) is 3. The summed E-state index contributed by atoms with van der Waals surface area (Å²) >= 11 is 0. The van der Waals surface area contributed by atoms with Crippen LogP contribution in [0.3, 0.4) is 0 Å². The summed E-state index contributed by atoms with van der Waals surface area (Å²) in [5, 5.41) is 12.6. The number of carbonyl (C=O) groups is 1. The molecule has 23 heavy (non-hydrogen) atoms. The topological polar surface area (TPSA) is 95.6 Å². The Bertz CT molecular complexity index is 888. The quantitative estimate of drug-likeness (QED) is 0.686. The van der Waals surface area contributed by atoms with E-state index in [2.05, 4.69) is 30.8 Å². The van der Waals surface area contributed by atoms with Crippen LogP contribution in [0.5, 0.6) is 0 Å². The van der Waals surface area contributed by atoms with Gasteiger partial charge in [0.1, 0.15) is 5.82 Å². The van der Waals surface area contributed by atoms with Crippen LogP contribution < -0.4 is 10.6 Å². The molecule has 0 bridgehead atoms. The van der Waals surface area contributed by atoms with Crippen molar-refractivity contribution in [2.45, 2.75) is 6.54 Å². The summed E-state index contributed by atoms with van der Waals surface area (Å²) < 4.78 is 0. The van der Waals surface area contributed by atoms with Crippen molar-refractivity contribution in [2.75, 3.05) is 12.4 Å². The van der Waals surface area contributed by atoms with Crippen LogP contribution in [-0.2, 0) is 6.54 Å². The number of nitrogens with zero attached hydrogens (tertiary/aromatic N) is 3. The molecular formula is C16H14N6O. The van der Waals surface area contributed by atoms with E-state index in [0.29, 0.717) is 12.1 Å². The molecule has 0 spiro atoms. The van der Waals surface area contributed by atoms with E-state index in [1.165, 1.54) is 0 Å². The van der Waals surface area contributed by atoms with Crippen molar-refractivity contribution in [3.63, 3.8) is 0 Å². The van der Waals surface area contributed by atoms with Gasteiger partial charge in [0.25, 0.3) is 5.91 Å². The summed E-state index contributed by atoms with van der Waals surface area (Å²) in [4.78, 5) is 20.9. The molecule has 4 rings (SSSR count). The van der Waals surface area contributed by atoms with E-state index in [-0.39, 0.29) is 5.91 Å². The molecule has 0 saturated carbocycles. The lowest BCUT2D eigenvalue weighted by molar-refractivity contribution is 0.0966. The molecule has 0 aliphatic carbocycles. The summed E-state index contributed by atoms with van der Waals surface area (Å²) in [6.45, 7) is 0.479. The average Bonchev–Trinajstić information content (AvgIpc) is 3.24. The lowest BCUT2D eigenvalue weighted by atomic mass is 10.0. The van der Waals surface area contributed by atoms with Crippen molar-refractivity contribution < 1.29 is 4.79 Å². The molecule has 0 aromatic carbocycles. The number of rotatable bonds is 3. The maximum Gasteiger partial charge on any atom is 0.253 e. The Morgan fingerprint density at radius 2 is 2.09 bits per heavy atom. The van der Waals surface area contributed by atoms with Gasteiger partial charge in [-0.1, -0.05) is 0 Å². The first-order chi connectivity index (χ1) is 11.3. The first kappa shape index (κ1) is 13.4. The van der Waals surface area contributed by atoms with Gasteiger partial charge >= 0.3 is 0 Å². The number of carbonyl (C=O) groups excluding carboxylic acids is 1. The van der Waals surface area contributed by atoms with Gasteiger partial charge < -0.3 is 10.6 Å². The van der Waals surface area contributed by atoms with Gasteiger partial charge in [0.05, 0.1) is 29.7 Å². The van der Waals surface area contributed by atoms with Gasteiger partial charge in [-0.15, -0.1) is 0 Å². The molecule has 0 unspecified atom stereocenters. The van der Waals surface area contributed by atoms with Crippen LogP contribution in [0.1, 0.15) is 16.1 Å². The Balaban J connectivity index is 1.91. The first-order valence-corrected chi connectivity index (χ1v) is 7.21. The monoisotopic (exact) mass is 306 g/mol. The Kier molecular flexibility index (Phi) is 3.04. The lowest BCUT2D eigenvalue weighted by Crippen LogP contribution is -2.12. The summed E-state index contributed by atoms with van der Waals surface area (Å²) in [7, 11) is 1.82. The van der Waals surface area contributed by atoms with Gasteiger partial charge in [0.15, 0.2) is 0 Å². The van der Waals surface area contributed by atoms with E-state index >= 15 is 0 Å². The Morgan fingerprint density at radius 3 is 2.87 bits per heavy atom. The molecule has 4 heterocycles. The zero-order valence-electron chi connectivity index (χ0n) is 12.4. The molecule has 3 aromatic heterocycles. The lowest BCUT2D eigenvalue weighted by Gasteiger charge is -2.10.